The molecule has 14 heavy (non-hydrogen) atoms. The smallest absolute Gasteiger partial charge is 0.0468 e. The Labute approximate surface area is 87.7 Å². The van der Waals surface area contributed by atoms with E-state index in [0.29, 0.717) is 6.04 Å². The van der Waals surface area contributed by atoms with Gasteiger partial charge in [-0.25, -0.2) is 0 Å². The van der Waals surface area contributed by atoms with Gasteiger partial charge in [0, 0.05) is 19.3 Å². The van der Waals surface area contributed by atoms with Gasteiger partial charge in [-0.1, -0.05) is 13.0 Å². The molecule has 0 spiro atoms. The molecule has 0 aliphatic carbocycles. The maximum absolute atomic E-state index is 5.36. The minimum atomic E-state index is 0.626. The van der Waals surface area contributed by atoms with Gasteiger partial charge in [0.05, 0.1) is 0 Å². The fourth-order valence-corrected chi connectivity index (χ4v) is 2.14. The largest absolute Gasteiger partial charge is 0.381 e. The highest BCUT2D eigenvalue weighted by molar-refractivity contribution is 4.80. The van der Waals surface area contributed by atoms with E-state index in [1.807, 2.05) is 6.08 Å². The van der Waals surface area contributed by atoms with Gasteiger partial charge < -0.3 is 10.1 Å². The molecule has 1 unspecified atom stereocenters. The van der Waals surface area contributed by atoms with Crippen LogP contribution in [0.15, 0.2) is 12.7 Å². The number of hydrogen-bond donors (Lipinski definition) is 1. The fourth-order valence-electron chi connectivity index (χ4n) is 2.14. The zero-order valence-corrected chi connectivity index (χ0v) is 9.30. The first kappa shape index (κ1) is 11.7. The topological polar surface area (TPSA) is 21.3 Å². The second-order valence-electron chi connectivity index (χ2n) is 4.07. The monoisotopic (exact) mass is 197 g/mol. The summed E-state index contributed by atoms with van der Waals surface area (Å²) in [5, 5.41) is 3.52. The van der Waals surface area contributed by atoms with E-state index in [1.54, 1.807) is 0 Å². The molecule has 82 valence electrons. The minimum Gasteiger partial charge on any atom is -0.381 e. The average molecular weight is 197 g/mol. The molecule has 0 amide bonds. The van der Waals surface area contributed by atoms with Crippen LogP contribution in [0.1, 0.15) is 32.6 Å². The molecule has 1 aliphatic rings. The lowest BCUT2D eigenvalue weighted by molar-refractivity contribution is 0.0607. The molecule has 1 atom stereocenters. The van der Waals surface area contributed by atoms with Crippen molar-refractivity contribution in [1.29, 1.82) is 0 Å². The van der Waals surface area contributed by atoms with Gasteiger partial charge >= 0.3 is 0 Å². The summed E-state index contributed by atoms with van der Waals surface area (Å²) < 4.78 is 5.36. The van der Waals surface area contributed by atoms with Crippen molar-refractivity contribution in [3.8, 4) is 0 Å². The van der Waals surface area contributed by atoms with Crippen molar-refractivity contribution in [2.75, 3.05) is 19.8 Å². The summed E-state index contributed by atoms with van der Waals surface area (Å²) in [5.74, 6) is 0.854. The predicted octanol–water partition coefficient (Wildman–Crippen LogP) is 2.36. The number of ether oxygens (including phenoxy) is 1. The Kier molecular flexibility index (Phi) is 5.88. The van der Waals surface area contributed by atoms with Crippen LogP contribution in [0.2, 0.25) is 0 Å². The molecule has 1 rings (SSSR count). The quantitative estimate of drug-likeness (QED) is 0.660. The molecule has 2 heteroatoms. The van der Waals surface area contributed by atoms with Crippen molar-refractivity contribution in [2.24, 2.45) is 5.92 Å². The Hall–Kier alpha value is -0.340. The van der Waals surface area contributed by atoms with Crippen LogP contribution in [0.3, 0.4) is 0 Å². The summed E-state index contributed by atoms with van der Waals surface area (Å²) in [5.41, 5.74) is 0. The zero-order valence-electron chi connectivity index (χ0n) is 9.30. The van der Waals surface area contributed by atoms with Crippen LogP contribution >= 0.6 is 0 Å². The molecule has 0 radical (unpaired) electrons. The first-order valence-electron chi connectivity index (χ1n) is 5.78. The van der Waals surface area contributed by atoms with Crippen LogP contribution in [0.4, 0.5) is 0 Å². The van der Waals surface area contributed by atoms with Crippen molar-refractivity contribution in [1.82, 2.24) is 5.32 Å². The second-order valence-corrected chi connectivity index (χ2v) is 4.07. The Morgan fingerprint density at radius 2 is 2.21 bits per heavy atom. The van der Waals surface area contributed by atoms with Gasteiger partial charge in [0.25, 0.3) is 0 Å². The Balaban J connectivity index is 2.25. The van der Waals surface area contributed by atoms with Gasteiger partial charge in [0.1, 0.15) is 0 Å². The lowest BCUT2D eigenvalue weighted by Crippen LogP contribution is -2.32. The van der Waals surface area contributed by atoms with E-state index in [-0.39, 0.29) is 0 Å². The standard InChI is InChI=1S/C12H23NO/c1-3-5-12(13-4-2)10-11-6-8-14-9-7-11/h3,11-13H,1,4-10H2,2H3. The molecular formula is C12H23NO. The molecule has 1 aliphatic heterocycles. The highest BCUT2D eigenvalue weighted by Gasteiger charge is 2.17. The lowest BCUT2D eigenvalue weighted by atomic mass is 9.91. The molecule has 0 aromatic heterocycles. The van der Waals surface area contributed by atoms with E-state index >= 15 is 0 Å². The van der Waals surface area contributed by atoms with Crippen LogP contribution in [-0.4, -0.2) is 25.8 Å². The maximum atomic E-state index is 5.36. The first-order valence-corrected chi connectivity index (χ1v) is 5.78. The highest BCUT2D eigenvalue weighted by atomic mass is 16.5. The third-order valence-electron chi connectivity index (χ3n) is 2.90. The van der Waals surface area contributed by atoms with Crippen molar-refractivity contribution in [2.45, 2.75) is 38.6 Å². The summed E-state index contributed by atoms with van der Waals surface area (Å²) >= 11 is 0. The van der Waals surface area contributed by atoms with Crippen LogP contribution in [0.5, 0.6) is 0 Å². The number of hydrogen-bond acceptors (Lipinski definition) is 2. The second kappa shape index (κ2) is 7.02. The maximum Gasteiger partial charge on any atom is 0.0468 e. The van der Waals surface area contributed by atoms with Crippen molar-refractivity contribution >= 4 is 0 Å². The van der Waals surface area contributed by atoms with Crippen LogP contribution < -0.4 is 5.32 Å². The molecule has 1 heterocycles. The molecule has 0 saturated carbocycles. The summed E-state index contributed by atoms with van der Waals surface area (Å²) in [7, 11) is 0. The highest BCUT2D eigenvalue weighted by Crippen LogP contribution is 2.21. The molecule has 0 bridgehead atoms. The van der Waals surface area contributed by atoms with Gasteiger partial charge in [0.2, 0.25) is 0 Å². The van der Waals surface area contributed by atoms with Gasteiger partial charge in [-0.15, -0.1) is 6.58 Å². The Morgan fingerprint density at radius 1 is 1.50 bits per heavy atom. The number of nitrogens with one attached hydrogen (secondary N) is 1. The van der Waals surface area contributed by atoms with E-state index in [0.717, 1.165) is 32.1 Å². The fraction of sp³-hybridized carbons (Fsp3) is 0.833. The van der Waals surface area contributed by atoms with Gasteiger partial charge in [-0.05, 0) is 38.1 Å². The molecule has 1 N–H and O–H groups in total. The van der Waals surface area contributed by atoms with Crippen LogP contribution in [0.25, 0.3) is 0 Å². The SMILES string of the molecule is C=CCC(CC1CCOCC1)NCC. The van der Waals surface area contributed by atoms with E-state index in [2.05, 4.69) is 18.8 Å². The normalized spacial score (nSPS) is 20.6. The van der Waals surface area contributed by atoms with Crippen LogP contribution in [-0.2, 0) is 4.74 Å². The molecule has 1 saturated heterocycles. The number of rotatable bonds is 6. The van der Waals surface area contributed by atoms with E-state index in [1.165, 1.54) is 19.3 Å². The molecule has 0 aromatic rings. The third kappa shape index (κ3) is 4.25. The molecule has 1 fully saturated rings. The summed E-state index contributed by atoms with van der Waals surface area (Å²) in [6.45, 7) is 8.95. The Morgan fingerprint density at radius 3 is 2.79 bits per heavy atom. The minimum absolute atomic E-state index is 0.626. The average Bonchev–Trinajstić information content (AvgIpc) is 2.20. The van der Waals surface area contributed by atoms with Crippen molar-refractivity contribution < 1.29 is 4.74 Å². The van der Waals surface area contributed by atoms with Gasteiger partial charge in [-0.3, -0.25) is 0 Å². The van der Waals surface area contributed by atoms with E-state index in [4.69, 9.17) is 4.74 Å². The lowest BCUT2D eigenvalue weighted by Gasteiger charge is -2.26. The molecule has 0 aromatic carbocycles. The summed E-state index contributed by atoms with van der Waals surface area (Å²) in [6.07, 6.45) is 6.86. The van der Waals surface area contributed by atoms with E-state index < -0.39 is 0 Å². The van der Waals surface area contributed by atoms with Crippen molar-refractivity contribution in [3.05, 3.63) is 12.7 Å². The molecular weight excluding hydrogens is 174 g/mol. The first-order chi connectivity index (χ1) is 6.86. The summed E-state index contributed by atoms with van der Waals surface area (Å²) in [6, 6.07) is 0.626. The molecule has 2 nitrogen and oxygen atoms in total. The zero-order chi connectivity index (χ0) is 10.2. The third-order valence-corrected chi connectivity index (χ3v) is 2.90. The van der Waals surface area contributed by atoms with E-state index in [9.17, 15) is 0 Å². The Bertz CT molecular complexity index is 152. The van der Waals surface area contributed by atoms with Gasteiger partial charge in [0.15, 0.2) is 0 Å². The van der Waals surface area contributed by atoms with Crippen LogP contribution in [0, 0.1) is 5.92 Å². The predicted molar refractivity (Wildman–Crippen MR) is 60.4 cm³/mol. The van der Waals surface area contributed by atoms with Crippen molar-refractivity contribution in [3.63, 3.8) is 0 Å². The van der Waals surface area contributed by atoms with Gasteiger partial charge in [-0.2, -0.15) is 0 Å². The summed E-state index contributed by atoms with van der Waals surface area (Å²) in [4.78, 5) is 0.